The van der Waals surface area contributed by atoms with Crippen molar-refractivity contribution < 1.29 is 27.8 Å². The number of benzene rings is 1. The standard InChI is InChI=1S/C10H8BrF3O3/c1-5(10(12,13)14)17-8-3-2-6(11)4-7(8)9(15)16/h2-5H,1H3,(H,15,16). The van der Waals surface area contributed by atoms with Crippen LogP contribution in [0.15, 0.2) is 22.7 Å². The zero-order chi connectivity index (χ0) is 13.2. The third-order valence-corrected chi connectivity index (χ3v) is 2.43. The van der Waals surface area contributed by atoms with Crippen LogP contribution in [-0.4, -0.2) is 23.4 Å². The Morgan fingerprint density at radius 3 is 2.53 bits per heavy atom. The molecule has 0 aliphatic rings. The Balaban J connectivity index is 3.03. The predicted octanol–water partition coefficient (Wildman–Crippen LogP) is 3.48. The van der Waals surface area contributed by atoms with Gasteiger partial charge in [0.1, 0.15) is 11.3 Å². The molecule has 94 valence electrons. The number of ether oxygens (including phenoxy) is 1. The highest BCUT2D eigenvalue weighted by Gasteiger charge is 2.38. The lowest BCUT2D eigenvalue weighted by atomic mass is 10.2. The summed E-state index contributed by atoms with van der Waals surface area (Å²) in [7, 11) is 0. The van der Waals surface area contributed by atoms with Crippen LogP contribution in [0.4, 0.5) is 13.2 Å². The van der Waals surface area contributed by atoms with Gasteiger partial charge < -0.3 is 9.84 Å². The first-order valence-electron chi connectivity index (χ1n) is 4.48. The van der Waals surface area contributed by atoms with Gasteiger partial charge in [-0.1, -0.05) is 15.9 Å². The summed E-state index contributed by atoms with van der Waals surface area (Å²) in [5.41, 5.74) is -0.324. The number of aromatic carboxylic acids is 1. The molecule has 1 rings (SSSR count). The quantitative estimate of drug-likeness (QED) is 0.929. The first-order valence-corrected chi connectivity index (χ1v) is 5.27. The van der Waals surface area contributed by atoms with Gasteiger partial charge in [-0.3, -0.25) is 0 Å². The van der Waals surface area contributed by atoms with Crippen molar-refractivity contribution in [2.45, 2.75) is 19.2 Å². The first-order chi connectivity index (χ1) is 7.71. The van der Waals surface area contributed by atoms with Gasteiger partial charge in [0.2, 0.25) is 0 Å². The van der Waals surface area contributed by atoms with Gasteiger partial charge >= 0.3 is 12.1 Å². The Morgan fingerprint density at radius 1 is 1.47 bits per heavy atom. The van der Waals surface area contributed by atoms with Crippen molar-refractivity contribution in [3.8, 4) is 5.75 Å². The highest BCUT2D eigenvalue weighted by atomic mass is 79.9. The summed E-state index contributed by atoms with van der Waals surface area (Å²) in [6.45, 7) is 0.813. The summed E-state index contributed by atoms with van der Waals surface area (Å²) in [5, 5.41) is 8.82. The van der Waals surface area contributed by atoms with Crippen LogP contribution < -0.4 is 4.74 Å². The van der Waals surface area contributed by atoms with Crippen LogP contribution in [0.2, 0.25) is 0 Å². The first kappa shape index (κ1) is 13.8. The molecular formula is C10H8BrF3O3. The van der Waals surface area contributed by atoms with E-state index in [2.05, 4.69) is 20.7 Å². The molecule has 7 heteroatoms. The second-order valence-corrected chi connectivity index (χ2v) is 4.16. The van der Waals surface area contributed by atoms with E-state index < -0.39 is 18.2 Å². The molecule has 0 bridgehead atoms. The lowest BCUT2D eigenvalue weighted by Crippen LogP contribution is -2.31. The maximum Gasteiger partial charge on any atom is 0.425 e. The van der Waals surface area contributed by atoms with E-state index >= 15 is 0 Å². The highest BCUT2D eigenvalue weighted by Crippen LogP contribution is 2.28. The number of hydrogen-bond acceptors (Lipinski definition) is 2. The third-order valence-electron chi connectivity index (χ3n) is 1.94. The molecular weight excluding hydrogens is 305 g/mol. The fraction of sp³-hybridized carbons (Fsp3) is 0.300. The van der Waals surface area contributed by atoms with Crippen LogP contribution in [0.3, 0.4) is 0 Å². The van der Waals surface area contributed by atoms with Gasteiger partial charge in [-0.2, -0.15) is 13.2 Å². The molecule has 1 aromatic rings. The van der Waals surface area contributed by atoms with Crippen molar-refractivity contribution in [1.29, 1.82) is 0 Å². The number of alkyl halides is 3. The van der Waals surface area contributed by atoms with Crippen LogP contribution in [0.25, 0.3) is 0 Å². The van der Waals surface area contributed by atoms with E-state index in [0.717, 1.165) is 6.92 Å². The minimum atomic E-state index is -4.54. The molecule has 1 atom stereocenters. The summed E-state index contributed by atoms with van der Waals surface area (Å²) in [6, 6.07) is 3.77. The zero-order valence-corrected chi connectivity index (χ0v) is 10.2. The Hall–Kier alpha value is -1.24. The summed E-state index contributed by atoms with van der Waals surface area (Å²) < 4.78 is 41.8. The lowest BCUT2D eigenvalue weighted by Gasteiger charge is -2.18. The van der Waals surface area contributed by atoms with Crippen LogP contribution in [0, 0.1) is 0 Å². The molecule has 0 saturated carbocycles. The molecule has 0 aliphatic heterocycles. The molecule has 0 aliphatic carbocycles. The van der Waals surface area contributed by atoms with Crippen LogP contribution in [0.5, 0.6) is 5.75 Å². The van der Waals surface area contributed by atoms with Crippen LogP contribution in [0.1, 0.15) is 17.3 Å². The third kappa shape index (κ3) is 3.62. The Labute approximate surface area is 103 Å². The number of hydrogen-bond donors (Lipinski definition) is 1. The number of carboxylic acids is 1. The van der Waals surface area contributed by atoms with E-state index in [9.17, 15) is 18.0 Å². The average molecular weight is 313 g/mol. The lowest BCUT2D eigenvalue weighted by molar-refractivity contribution is -0.189. The largest absolute Gasteiger partial charge is 0.480 e. The Morgan fingerprint density at radius 2 is 2.06 bits per heavy atom. The molecule has 0 fully saturated rings. The van der Waals surface area contributed by atoms with Gasteiger partial charge in [0.15, 0.2) is 6.10 Å². The second-order valence-electron chi connectivity index (χ2n) is 3.25. The van der Waals surface area contributed by atoms with E-state index in [0.29, 0.717) is 4.47 Å². The molecule has 0 aromatic heterocycles. The molecule has 1 N–H and O–H groups in total. The van der Waals surface area contributed by atoms with Gasteiger partial charge in [0.25, 0.3) is 0 Å². The maximum absolute atomic E-state index is 12.3. The van der Waals surface area contributed by atoms with Crippen molar-refractivity contribution >= 4 is 21.9 Å². The molecule has 0 radical (unpaired) electrons. The topological polar surface area (TPSA) is 46.5 Å². The summed E-state index contributed by atoms with van der Waals surface area (Å²) in [6.07, 6.45) is -6.61. The monoisotopic (exact) mass is 312 g/mol. The van der Waals surface area contributed by atoms with Crippen molar-refractivity contribution in [2.24, 2.45) is 0 Å². The van der Waals surface area contributed by atoms with Crippen molar-refractivity contribution in [1.82, 2.24) is 0 Å². The highest BCUT2D eigenvalue weighted by molar-refractivity contribution is 9.10. The molecule has 3 nitrogen and oxygen atoms in total. The van der Waals surface area contributed by atoms with Gasteiger partial charge in [-0.25, -0.2) is 4.79 Å². The van der Waals surface area contributed by atoms with Gasteiger partial charge in [-0.15, -0.1) is 0 Å². The van der Waals surface area contributed by atoms with E-state index in [1.807, 2.05) is 0 Å². The zero-order valence-electron chi connectivity index (χ0n) is 8.58. The molecule has 0 saturated heterocycles. The molecule has 0 heterocycles. The van der Waals surface area contributed by atoms with Crippen LogP contribution in [-0.2, 0) is 0 Å². The average Bonchev–Trinajstić information content (AvgIpc) is 2.18. The van der Waals surface area contributed by atoms with E-state index in [4.69, 9.17) is 5.11 Å². The normalized spacial score (nSPS) is 13.2. The smallest absolute Gasteiger partial charge is 0.425 e. The van der Waals surface area contributed by atoms with Crippen molar-refractivity contribution in [2.75, 3.05) is 0 Å². The number of carbonyl (C=O) groups is 1. The maximum atomic E-state index is 12.3. The van der Waals surface area contributed by atoms with Crippen molar-refractivity contribution in [3.05, 3.63) is 28.2 Å². The SMILES string of the molecule is CC(Oc1ccc(Br)cc1C(=O)O)C(F)(F)F. The number of carboxylic acid groups (broad SMARTS) is 1. The molecule has 0 spiro atoms. The van der Waals surface area contributed by atoms with E-state index in [1.165, 1.54) is 18.2 Å². The number of halogens is 4. The summed E-state index contributed by atoms with van der Waals surface area (Å²) >= 11 is 3.03. The minimum Gasteiger partial charge on any atom is -0.480 e. The van der Waals surface area contributed by atoms with Gasteiger partial charge in [0, 0.05) is 4.47 Å². The fourth-order valence-corrected chi connectivity index (χ4v) is 1.39. The summed E-state index contributed by atoms with van der Waals surface area (Å²) in [4.78, 5) is 10.8. The summed E-state index contributed by atoms with van der Waals surface area (Å²) in [5.74, 6) is -1.67. The Bertz CT molecular complexity index is 431. The Kier molecular flexibility index (Phi) is 4.03. The van der Waals surface area contributed by atoms with Crippen molar-refractivity contribution in [3.63, 3.8) is 0 Å². The molecule has 1 unspecified atom stereocenters. The fourth-order valence-electron chi connectivity index (χ4n) is 1.03. The molecule has 17 heavy (non-hydrogen) atoms. The molecule has 1 aromatic carbocycles. The second kappa shape index (κ2) is 4.95. The number of rotatable bonds is 3. The van der Waals surface area contributed by atoms with Gasteiger partial charge in [-0.05, 0) is 25.1 Å². The predicted molar refractivity (Wildman–Crippen MR) is 57.2 cm³/mol. The van der Waals surface area contributed by atoms with Crippen LogP contribution >= 0.6 is 15.9 Å². The van der Waals surface area contributed by atoms with Gasteiger partial charge in [0.05, 0.1) is 0 Å². The van der Waals surface area contributed by atoms with E-state index in [-0.39, 0.29) is 11.3 Å². The molecule has 0 amide bonds. The van der Waals surface area contributed by atoms with E-state index in [1.54, 1.807) is 0 Å². The minimum absolute atomic E-state index is 0.314.